The van der Waals surface area contributed by atoms with Gasteiger partial charge in [0.05, 0.1) is 19.5 Å². The normalized spacial score (nSPS) is 14.4. The maximum absolute atomic E-state index is 13.6. The highest BCUT2D eigenvalue weighted by Crippen LogP contribution is 2.11. The predicted molar refractivity (Wildman–Crippen MR) is 211 cm³/mol. The zero-order valence-electron chi connectivity index (χ0n) is 34.4. The molecular formula is C36H62N10O14. The van der Waals surface area contributed by atoms with Gasteiger partial charge in [0.25, 0.3) is 0 Å². The maximum Gasteiger partial charge on any atom is 0.326 e. The molecule has 7 atom stereocenters. The van der Waals surface area contributed by atoms with Crippen molar-refractivity contribution in [1.82, 2.24) is 37.2 Å². The van der Waals surface area contributed by atoms with E-state index in [1.54, 1.807) is 27.7 Å². The highest BCUT2D eigenvalue weighted by molar-refractivity contribution is 5.98. The Balaban J connectivity index is 6.22. The third-order valence-corrected chi connectivity index (χ3v) is 8.94. The van der Waals surface area contributed by atoms with Crippen molar-refractivity contribution < 1.29 is 68.1 Å². The summed E-state index contributed by atoms with van der Waals surface area (Å²) in [5.74, 6) is -12.4. The number of nitrogens with one attached hydrogen (secondary N) is 7. The molecular weight excluding hydrogens is 796 g/mol. The van der Waals surface area contributed by atoms with Gasteiger partial charge in [-0.3, -0.25) is 47.9 Å². The number of amides is 8. The molecule has 24 nitrogen and oxygen atoms in total. The molecule has 340 valence electrons. The molecule has 0 bridgehead atoms. The monoisotopic (exact) mass is 858 g/mol. The Bertz CT molecular complexity index is 1530. The van der Waals surface area contributed by atoms with Gasteiger partial charge in [0.2, 0.25) is 47.3 Å². The summed E-state index contributed by atoms with van der Waals surface area (Å²) in [5, 5.41) is 44.3. The van der Waals surface area contributed by atoms with Crippen LogP contribution in [0.25, 0.3) is 0 Å². The van der Waals surface area contributed by atoms with Crippen LogP contribution in [0.2, 0.25) is 0 Å². The first-order valence-corrected chi connectivity index (χ1v) is 19.5. The fourth-order valence-electron chi connectivity index (χ4n) is 5.49. The molecule has 0 aromatic rings. The van der Waals surface area contributed by atoms with E-state index in [0.717, 1.165) is 0 Å². The molecule has 0 aromatic carbocycles. The number of unbranched alkanes of at least 4 members (excludes halogenated alkanes) is 1. The van der Waals surface area contributed by atoms with Crippen molar-refractivity contribution in [1.29, 1.82) is 0 Å². The molecule has 0 rings (SSSR count). The summed E-state index contributed by atoms with van der Waals surface area (Å²) in [5.41, 5.74) is 16.3. The third kappa shape index (κ3) is 22.3. The molecule has 0 saturated heterocycles. The van der Waals surface area contributed by atoms with Crippen LogP contribution < -0.4 is 54.4 Å². The third-order valence-electron chi connectivity index (χ3n) is 8.94. The first-order chi connectivity index (χ1) is 28.1. The number of aliphatic carboxylic acids is 3. The number of rotatable bonds is 31. The summed E-state index contributed by atoms with van der Waals surface area (Å²) in [4.78, 5) is 138. The molecule has 0 aliphatic carbocycles. The van der Waals surface area contributed by atoms with E-state index in [2.05, 4.69) is 37.2 Å². The number of carboxylic acid groups (broad SMARTS) is 3. The van der Waals surface area contributed by atoms with Gasteiger partial charge in [-0.1, -0.05) is 34.1 Å². The summed E-state index contributed by atoms with van der Waals surface area (Å²) in [6.07, 6.45) is -1.93. The Labute approximate surface area is 347 Å². The van der Waals surface area contributed by atoms with E-state index >= 15 is 0 Å². The number of hydrogen-bond donors (Lipinski definition) is 13. The molecule has 0 radical (unpaired) electrons. The Hall–Kier alpha value is -5.91. The van der Waals surface area contributed by atoms with E-state index in [9.17, 15) is 63.0 Å². The van der Waals surface area contributed by atoms with Crippen LogP contribution >= 0.6 is 0 Å². The molecule has 0 aliphatic heterocycles. The van der Waals surface area contributed by atoms with Crippen molar-refractivity contribution in [2.75, 3.05) is 19.6 Å². The van der Waals surface area contributed by atoms with Crippen molar-refractivity contribution in [2.45, 2.75) is 128 Å². The van der Waals surface area contributed by atoms with Gasteiger partial charge < -0.3 is 69.7 Å². The average molecular weight is 859 g/mol. The summed E-state index contributed by atoms with van der Waals surface area (Å²) < 4.78 is 0. The fraction of sp³-hybridized carbons (Fsp3) is 0.694. The summed E-state index contributed by atoms with van der Waals surface area (Å²) in [7, 11) is 0. The first-order valence-electron chi connectivity index (χ1n) is 19.5. The zero-order chi connectivity index (χ0) is 46.1. The van der Waals surface area contributed by atoms with E-state index in [0.29, 0.717) is 12.8 Å². The molecule has 0 aliphatic rings. The van der Waals surface area contributed by atoms with Crippen LogP contribution in [-0.4, -0.2) is 136 Å². The molecule has 0 saturated carbocycles. The summed E-state index contributed by atoms with van der Waals surface area (Å²) in [6, 6.07) is -8.78. The minimum Gasteiger partial charge on any atom is -0.481 e. The van der Waals surface area contributed by atoms with Crippen molar-refractivity contribution in [3.05, 3.63) is 0 Å². The van der Waals surface area contributed by atoms with E-state index < -0.39 is 153 Å². The second-order valence-electron chi connectivity index (χ2n) is 14.5. The van der Waals surface area contributed by atoms with Crippen LogP contribution in [0.3, 0.4) is 0 Å². The van der Waals surface area contributed by atoms with Crippen LogP contribution in [-0.2, 0) is 52.7 Å². The highest BCUT2D eigenvalue weighted by Gasteiger charge is 2.33. The molecule has 16 N–H and O–H groups in total. The largest absolute Gasteiger partial charge is 0.481 e. The summed E-state index contributed by atoms with van der Waals surface area (Å²) >= 11 is 0. The minimum atomic E-state index is -1.64. The quantitative estimate of drug-likeness (QED) is 0.0295. The molecule has 0 aromatic heterocycles. The van der Waals surface area contributed by atoms with Gasteiger partial charge in [-0.2, -0.15) is 0 Å². The van der Waals surface area contributed by atoms with E-state index in [4.69, 9.17) is 22.3 Å². The van der Waals surface area contributed by atoms with Crippen molar-refractivity contribution in [3.63, 3.8) is 0 Å². The molecule has 0 heterocycles. The van der Waals surface area contributed by atoms with E-state index in [1.807, 2.05) is 0 Å². The number of carbonyl (C=O) groups excluding carboxylic acids is 8. The molecule has 0 unspecified atom stereocenters. The minimum absolute atomic E-state index is 0.0935. The topological polar surface area (TPSA) is 411 Å². The molecule has 0 spiro atoms. The Morgan fingerprint density at radius 3 is 1.50 bits per heavy atom. The average Bonchev–Trinajstić information content (AvgIpc) is 3.16. The number of hydrogen-bond acceptors (Lipinski definition) is 13. The zero-order valence-corrected chi connectivity index (χ0v) is 34.4. The fourth-order valence-corrected chi connectivity index (χ4v) is 5.49. The molecule has 8 amide bonds. The first kappa shape index (κ1) is 54.1. The van der Waals surface area contributed by atoms with Crippen molar-refractivity contribution in [2.24, 2.45) is 29.0 Å². The Kier molecular flexibility index (Phi) is 25.7. The van der Waals surface area contributed by atoms with Gasteiger partial charge in [-0.15, -0.1) is 0 Å². The number of primary amides is 1. The summed E-state index contributed by atoms with van der Waals surface area (Å²) in [6.45, 7) is 5.67. The van der Waals surface area contributed by atoms with Gasteiger partial charge in [0.1, 0.15) is 36.3 Å². The van der Waals surface area contributed by atoms with E-state index in [1.165, 1.54) is 0 Å². The van der Waals surface area contributed by atoms with Crippen LogP contribution in [0.15, 0.2) is 0 Å². The smallest absolute Gasteiger partial charge is 0.326 e. The maximum atomic E-state index is 13.6. The number of carboxylic acids is 3. The van der Waals surface area contributed by atoms with Crippen LogP contribution in [0.4, 0.5) is 0 Å². The van der Waals surface area contributed by atoms with Gasteiger partial charge in [-0.25, -0.2) is 4.79 Å². The van der Waals surface area contributed by atoms with Gasteiger partial charge in [0, 0.05) is 12.8 Å². The number of nitrogens with two attached hydrogens (primary N) is 3. The number of carbonyl (C=O) groups is 11. The van der Waals surface area contributed by atoms with Crippen molar-refractivity contribution in [3.8, 4) is 0 Å². The Morgan fingerprint density at radius 1 is 0.567 bits per heavy atom. The molecule has 24 heteroatoms. The second-order valence-corrected chi connectivity index (χ2v) is 14.5. The lowest BCUT2D eigenvalue weighted by molar-refractivity contribution is -0.144. The molecule has 0 fully saturated rings. The van der Waals surface area contributed by atoms with Crippen molar-refractivity contribution >= 4 is 65.2 Å². The Morgan fingerprint density at radius 2 is 1.03 bits per heavy atom. The van der Waals surface area contributed by atoms with E-state index in [-0.39, 0.29) is 31.7 Å². The standard InChI is InChI=1S/C36H62N10O14/c1-5-19(4)30(36(59)60)46-33(56)22(10-12-29(52)53)41-27(49)17-40-31(54)21(9-11-28(50)51)44-32(55)20(8-6-7-13-37)43-35(58)24(15-25(39)47)45-34(57)23(14-18(2)3)42-26(48)16-38/h18-24,30H,5-17,37-38H2,1-4H3,(H2,39,47)(H,40,54)(H,41,49)(H,42,48)(H,43,58)(H,44,55)(H,45,57)(H,46,56)(H,50,51)(H,52,53)(H,59,60)/t19-,20-,21-,22-,23-,24-,30-/m0/s1. The lowest BCUT2D eigenvalue weighted by Gasteiger charge is -2.26. The lowest BCUT2D eigenvalue weighted by atomic mass is 9.98. The van der Waals surface area contributed by atoms with Crippen LogP contribution in [0, 0.1) is 11.8 Å². The van der Waals surface area contributed by atoms with Crippen LogP contribution in [0.1, 0.15) is 91.9 Å². The van der Waals surface area contributed by atoms with Gasteiger partial charge in [0.15, 0.2) is 0 Å². The lowest BCUT2D eigenvalue weighted by Crippen LogP contribution is -2.59. The highest BCUT2D eigenvalue weighted by atomic mass is 16.4. The predicted octanol–water partition coefficient (Wildman–Crippen LogP) is -4.12. The van der Waals surface area contributed by atoms with Crippen LogP contribution in [0.5, 0.6) is 0 Å². The SMILES string of the molecule is CC[C@H](C)[C@H](NC(=O)[C@H](CCC(=O)O)NC(=O)CNC(=O)[C@H](CCC(=O)O)NC(=O)[C@H](CCCCN)NC(=O)[C@H](CC(N)=O)NC(=O)[C@H](CC(C)C)NC(=O)CN)C(=O)O. The van der Waals surface area contributed by atoms with Gasteiger partial charge in [-0.05, 0) is 56.9 Å². The second kappa shape index (κ2) is 28.5. The molecule has 60 heavy (non-hydrogen) atoms. The van der Waals surface area contributed by atoms with Gasteiger partial charge >= 0.3 is 17.9 Å².